The van der Waals surface area contributed by atoms with Gasteiger partial charge >= 0.3 is 0 Å². The van der Waals surface area contributed by atoms with Crippen molar-refractivity contribution in [1.82, 2.24) is 5.32 Å². The standard InChI is InChI=1S/C14H17F2NO/c1-3-5-11(17-4-2)12-8-9-6-7-10(15)13(16)14(9)18-12/h6-8,11,17H,3-5H2,1-2H3. The molecule has 1 atom stereocenters. The van der Waals surface area contributed by atoms with E-state index in [0.29, 0.717) is 11.1 Å². The van der Waals surface area contributed by atoms with E-state index < -0.39 is 11.6 Å². The van der Waals surface area contributed by atoms with Crippen LogP contribution in [-0.4, -0.2) is 6.54 Å². The largest absolute Gasteiger partial charge is 0.456 e. The first-order chi connectivity index (χ1) is 8.67. The highest BCUT2D eigenvalue weighted by molar-refractivity contribution is 5.78. The molecule has 2 rings (SSSR count). The highest BCUT2D eigenvalue weighted by Crippen LogP contribution is 2.29. The maximum Gasteiger partial charge on any atom is 0.201 e. The van der Waals surface area contributed by atoms with Crippen LogP contribution in [0.3, 0.4) is 0 Å². The first-order valence-corrected chi connectivity index (χ1v) is 6.28. The smallest absolute Gasteiger partial charge is 0.201 e. The number of halogens is 2. The first kappa shape index (κ1) is 13.0. The monoisotopic (exact) mass is 253 g/mol. The molecule has 98 valence electrons. The van der Waals surface area contributed by atoms with Gasteiger partial charge in [-0.2, -0.15) is 4.39 Å². The fourth-order valence-electron chi connectivity index (χ4n) is 2.12. The Bertz CT molecular complexity index is 530. The van der Waals surface area contributed by atoms with Crippen molar-refractivity contribution in [3.63, 3.8) is 0 Å². The molecule has 0 bridgehead atoms. The summed E-state index contributed by atoms with van der Waals surface area (Å²) in [4.78, 5) is 0. The summed E-state index contributed by atoms with van der Waals surface area (Å²) < 4.78 is 32.1. The van der Waals surface area contributed by atoms with Gasteiger partial charge in [0, 0.05) is 5.39 Å². The number of hydrogen-bond acceptors (Lipinski definition) is 2. The normalized spacial score (nSPS) is 13.1. The molecular weight excluding hydrogens is 236 g/mol. The van der Waals surface area contributed by atoms with E-state index in [4.69, 9.17) is 4.42 Å². The summed E-state index contributed by atoms with van der Waals surface area (Å²) in [6, 6.07) is 4.49. The molecule has 0 spiro atoms. The van der Waals surface area contributed by atoms with Crippen molar-refractivity contribution < 1.29 is 13.2 Å². The highest BCUT2D eigenvalue weighted by Gasteiger charge is 2.17. The fraction of sp³-hybridized carbons (Fsp3) is 0.429. The Balaban J connectivity index is 2.42. The lowest BCUT2D eigenvalue weighted by Crippen LogP contribution is -2.20. The molecule has 1 heterocycles. The number of benzene rings is 1. The van der Waals surface area contributed by atoms with Crippen molar-refractivity contribution in [1.29, 1.82) is 0 Å². The van der Waals surface area contributed by atoms with Crippen LogP contribution in [0.1, 0.15) is 38.5 Å². The molecule has 4 heteroatoms. The number of nitrogens with one attached hydrogen (secondary N) is 1. The summed E-state index contributed by atoms with van der Waals surface area (Å²) in [7, 11) is 0. The lowest BCUT2D eigenvalue weighted by atomic mass is 10.1. The lowest BCUT2D eigenvalue weighted by Gasteiger charge is -2.13. The molecule has 0 aliphatic rings. The Morgan fingerprint density at radius 1 is 1.28 bits per heavy atom. The van der Waals surface area contributed by atoms with Crippen molar-refractivity contribution >= 4 is 11.0 Å². The Morgan fingerprint density at radius 2 is 2.06 bits per heavy atom. The zero-order valence-corrected chi connectivity index (χ0v) is 10.6. The molecule has 1 unspecified atom stereocenters. The second-order valence-corrected chi connectivity index (χ2v) is 4.33. The molecule has 0 aliphatic heterocycles. The minimum absolute atomic E-state index is 0.00371. The van der Waals surface area contributed by atoms with E-state index in [9.17, 15) is 8.78 Å². The van der Waals surface area contributed by atoms with Gasteiger partial charge in [0.05, 0.1) is 6.04 Å². The van der Waals surface area contributed by atoms with Crippen molar-refractivity contribution in [2.75, 3.05) is 6.54 Å². The van der Waals surface area contributed by atoms with E-state index in [-0.39, 0.29) is 11.6 Å². The minimum atomic E-state index is -0.912. The molecule has 0 aliphatic carbocycles. The zero-order chi connectivity index (χ0) is 13.1. The van der Waals surface area contributed by atoms with Gasteiger partial charge in [-0.05, 0) is 31.2 Å². The average molecular weight is 253 g/mol. The first-order valence-electron chi connectivity index (χ1n) is 6.28. The van der Waals surface area contributed by atoms with Crippen LogP contribution < -0.4 is 5.32 Å². The van der Waals surface area contributed by atoms with Gasteiger partial charge in [-0.1, -0.05) is 20.3 Å². The molecule has 2 nitrogen and oxygen atoms in total. The van der Waals surface area contributed by atoms with Crippen molar-refractivity contribution in [2.45, 2.75) is 32.7 Å². The van der Waals surface area contributed by atoms with E-state index in [1.807, 2.05) is 6.92 Å². The molecule has 0 fully saturated rings. The SMILES string of the molecule is CCCC(NCC)c1cc2ccc(F)c(F)c2o1. The third kappa shape index (κ3) is 2.38. The summed E-state index contributed by atoms with van der Waals surface area (Å²) in [5.74, 6) is -1.12. The summed E-state index contributed by atoms with van der Waals surface area (Å²) in [5, 5.41) is 3.88. The van der Waals surface area contributed by atoms with E-state index in [1.165, 1.54) is 6.07 Å². The lowest BCUT2D eigenvalue weighted by molar-refractivity contribution is 0.405. The summed E-state index contributed by atoms with van der Waals surface area (Å²) in [5.41, 5.74) is 0.00371. The molecule has 2 aromatic rings. The molecule has 1 aromatic heterocycles. The van der Waals surface area contributed by atoms with Crippen LogP contribution in [0.25, 0.3) is 11.0 Å². The highest BCUT2D eigenvalue weighted by atomic mass is 19.2. The second-order valence-electron chi connectivity index (χ2n) is 4.33. The number of fused-ring (bicyclic) bond motifs is 1. The van der Waals surface area contributed by atoms with Crippen LogP contribution in [0.15, 0.2) is 22.6 Å². The van der Waals surface area contributed by atoms with Gasteiger partial charge in [0.25, 0.3) is 0 Å². The van der Waals surface area contributed by atoms with Crippen LogP contribution in [0, 0.1) is 11.6 Å². The molecule has 0 saturated carbocycles. The molecular formula is C14H17F2NO. The third-order valence-corrected chi connectivity index (χ3v) is 2.97. The number of rotatable bonds is 5. The Kier molecular flexibility index (Phi) is 3.97. The van der Waals surface area contributed by atoms with E-state index in [1.54, 1.807) is 6.07 Å². The van der Waals surface area contributed by atoms with Gasteiger partial charge in [-0.15, -0.1) is 0 Å². The van der Waals surface area contributed by atoms with Gasteiger partial charge in [-0.3, -0.25) is 0 Å². The van der Waals surface area contributed by atoms with Crippen molar-refractivity contribution in [3.05, 3.63) is 35.6 Å². The van der Waals surface area contributed by atoms with Gasteiger partial charge < -0.3 is 9.73 Å². The molecule has 0 amide bonds. The molecule has 18 heavy (non-hydrogen) atoms. The van der Waals surface area contributed by atoms with Crippen molar-refractivity contribution in [2.24, 2.45) is 0 Å². The number of furan rings is 1. The summed E-state index contributed by atoms with van der Waals surface area (Å²) >= 11 is 0. The quantitative estimate of drug-likeness (QED) is 0.865. The Morgan fingerprint density at radius 3 is 2.72 bits per heavy atom. The Hall–Kier alpha value is -1.42. The molecule has 0 radical (unpaired) electrons. The van der Waals surface area contributed by atoms with Crippen LogP contribution in [0.2, 0.25) is 0 Å². The van der Waals surface area contributed by atoms with E-state index in [2.05, 4.69) is 12.2 Å². The average Bonchev–Trinajstić information content (AvgIpc) is 2.78. The summed E-state index contributed by atoms with van der Waals surface area (Å²) in [6.07, 6.45) is 1.89. The molecule has 1 aromatic carbocycles. The maximum absolute atomic E-state index is 13.6. The van der Waals surface area contributed by atoms with Gasteiger partial charge in [0.1, 0.15) is 5.76 Å². The van der Waals surface area contributed by atoms with Crippen LogP contribution >= 0.6 is 0 Å². The fourth-order valence-corrected chi connectivity index (χ4v) is 2.12. The zero-order valence-electron chi connectivity index (χ0n) is 10.6. The van der Waals surface area contributed by atoms with E-state index >= 15 is 0 Å². The molecule has 0 saturated heterocycles. The predicted octanol–water partition coefficient (Wildman–Crippen LogP) is 4.16. The topological polar surface area (TPSA) is 25.2 Å². The minimum Gasteiger partial charge on any atom is -0.456 e. The Labute approximate surface area is 105 Å². The van der Waals surface area contributed by atoms with Gasteiger partial charge in [0.15, 0.2) is 11.4 Å². The predicted molar refractivity (Wildman–Crippen MR) is 67.5 cm³/mol. The van der Waals surface area contributed by atoms with Crippen LogP contribution in [-0.2, 0) is 0 Å². The van der Waals surface area contributed by atoms with Crippen LogP contribution in [0.5, 0.6) is 0 Å². The molecule has 1 N–H and O–H groups in total. The maximum atomic E-state index is 13.6. The van der Waals surface area contributed by atoms with E-state index in [0.717, 1.165) is 25.5 Å². The van der Waals surface area contributed by atoms with Crippen LogP contribution in [0.4, 0.5) is 8.78 Å². The van der Waals surface area contributed by atoms with Gasteiger partial charge in [0.2, 0.25) is 5.82 Å². The second kappa shape index (κ2) is 5.48. The van der Waals surface area contributed by atoms with Crippen molar-refractivity contribution in [3.8, 4) is 0 Å². The third-order valence-electron chi connectivity index (χ3n) is 2.97. The summed E-state index contributed by atoms with van der Waals surface area (Å²) in [6.45, 7) is 4.89. The number of hydrogen-bond donors (Lipinski definition) is 1. The van der Waals surface area contributed by atoms with Gasteiger partial charge in [-0.25, -0.2) is 4.39 Å².